The molecule has 3 aromatic rings. The molecule has 0 atom stereocenters. The van der Waals surface area contributed by atoms with Crippen molar-refractivity contribution >= 4 is 53.7 Å². The van der Waals surface area contributed by atoms with Crippen LogP contribution in [0.15, 0.2) is 30.6 Å². The molecule has 9 nitrogen and oxygen atoms in total. The van der Waals surface area contributed by atoms with E-state index in [0.717, 1.165) is 49.7 Å². The highest BCUT2D eigenvalue weighted by Crippen LogP contribution is 2.33. The highest BCUT2D eigenvalue weighted by molar-refractivity contribution is 5.94. The summed E-state index contributed by atoms with van der Waals surface area (Å²) in [7, 11) is 0. The molecule has 0 spiro atoms. The van der Waals surface area contributed by atoms with Gasteiger partial charge < -0.3 is 26.3 Å². The van der Waals surface area contributed by atoms with Crippen molar-refractivity contribution in [3.63, 3.8) is 0 Å². The first kappa shape index (κ1) is 28.9. The molecule has 5 N–H and O–H groups in total. The van der Waals surface area contributed by atoms with Crippen molar-refractivity contribution < 1.29 is 9.18 Å². The average molecular weight is 554 g/mol. The van der Waals surface area contributed by atoms with Gasteiger partial charge in [-0.15, -0.1) is 24.8 Å². The highest BCUT2D eigenvalue weighted by Gasteiger charge is 2.23. The van der Waals surface area contributed by atoms with E-state index < -0.39 is 0 Å². The van der Waals surface area contributed by atoms with E-state index in [-0.39, 0.29) is 42.6 Å². The quantitative estimate of drug-likeness (QED) is 0.304. The summed E-state index contributed by atoms with van der Waals surface area (Å²) in [4.78, 5) is 26.6. The number of hydrogen-bond acceptors (Lipinski definition) is 7. The van der Waals surface area contributed by atoms with Gasteiger partial charge in [0.1, 0.15) is 5.82 Å². The molecule has 12 heteroatoms. The number of anilines is 2. The molecule has 2 aliphatic carbocycles. The maximum absolute atomic E-state index is 13.1. The van der Waals surface area contributed by atoms with Gasteiger partial charge in [0.25, 0.3) is 5.91 Å². The van der Waals surface area contributed by atoms with Crippen LogP contribution in [0.25, 0.3) is 11.2 Å². The number of amides is 1. The van der Waals surface area contributed by atoms with Gasteiger partial charge in [-0.3, -0.25) is 4.79 Å². The third-order valence-electron chi connectivity index (χ3n) is 7.05. The monoisotopic (exact) mass is 552 g/mol. The number of imidazole rings is 1. The number of carbonyl (C=O) groups is 1. The van der Waals surface area contributed by atoms with Crippen molar-refractivity contribution in [2.24, 2.45) is 5.73 Å². The van der Waals surface area contributed by atoms with Crippen LogP contribution in [0, 0.1) is 5.82 Å². The molecule has 0 radical (unpaired) electrons. The number of fused-ring (bicyclic) bond motifs is 1. The fraction of sp³-hybridized carbons (Fsp3) is 0.520. The fourth-order valence-electron chi connectivity index (χ4n) is 5.06. The topological polar surface area (TPSA) is 123 Å². The van der Waals surface area contributed by atoms with Crippen molar-refractivity contribution in [1.82, 2.24) is 24.8 Å². The number of benzene rings is 1. The van der Waals surface area contributed by atoms with E-state index in [1.165, 1.54) is 37.1 Å². The number of hydrogen-bond donors (Lipinski definition) is 4. The largest absolute Gasteiger partial charge is 0.366 e. The standard InChI is InChI=1S/C25H33FN8O.2ClH/c26-17-7-5-16(6-8-17)24(35)29-14-13-28-22-21-23(34(15-30-21)20-3-1-2-4-20)33-25(32-22)31-19-11-9-18(27)10-12-19;;/h5-8,15,18-20H,1-4,9-14,27H2,(H,29,35)(H2,28,31,32,33);2*1H. The van der Waals surface area contributed by atoms with Gasteiger partial charge in [0.15, 0.2) is 17.0 Å². The van der Waals surface area contributed by atoms with Crippen molar-refractivity contribution in [1.29, 1.82) is 0 Å². The lowest BCUT2D eigenvalue weighted by Gasteiger charge is -2.27. The van der Waals surface area contributed by atoms with Crippen LogP contribution in [0.3, 0.4) is 0 Å². The van der Waals surface area contributed by atoms with Gasteiger partial charge in [0.2, 0.25) is 5.95 Å². The number of carbonyl (C=O) groups excluding carboxylic acids is 1. The lowest BCUT2D eigenvalue weighted by Crippen LogP contribution is -2.33. The first-order chi connectivity index (χ1) is 17.1. The third-order valence-corrected chi connectivity index (χ3v) is 7.05. The molecule has 1 amide bonds. The third kappa shape index (κ3) is 7.00. The summed E-state index contributed by atoms with van der Waals surface area (Å²) >= 11 is 0. The van der Waals surface area contributed by atoms with Crippen LogP contribution in [-0.2, 0) is 0 Å². The smallest absolute Gasteiger partial charge is 0.251 e. The minimum absolute atomic E-state index is 0. The predicted molar refractivity (Wildman–Crippen MR) is 148 cm³/mol. The first-order valence-electron chi connectivity index (χ1n) is 12.6. The number of nitrogens with one attached hydrogen (secondary N) is 3. The molecule has 0 saturated heterocycles. The second kappa shape index (κ2) is 13.2. The number of nitrogens with zero attached hydrogens (tertiary/aromatic N) is 4. The summed E-state index contributed by atoms with van der Waals surface area (Å²) in [6, 6.07) is 6.49. The molecule has 5 rings (SSSR count). The lowest BCUT2D eigenvalue weighted by molar-refractivity contribution is 0.0955. The van der Waals surface area contributed by atoms with Gasteiger partial charge >= 0.3 is 0 Å². The Labute approximate surface area is 228 Å². The molecule has 202 valence electrons. The Morgan fingerprint density at radius 2 is 1.70 bits per heavy atom. The van der Waals surface area contributed by atoms with E-state index in [9.17, 15) is 9.18 Å². The minimum atomic E-state index is -0.367. The van der Waals surface area contributed by atoms with Crippen molar-refractivity contribution in [3.8, 4) is 0 Å². The molecular formula is C25H35Cl2FN8O. The van der Waals surface area contributed by atoms with E-state index in [2.05, 4.69) is 25.5 Å². The lowest BCUT2D eigenvalue weighted by atomic mass is 9.92. The fourth-order valence-corrected chi connectivity index (χ4v) is 5.06. The van der Waals surface area contributed by atoms with Crippen molar-refractivity contribution in [2.75, 3.05) is 23.7 Å². The van der Waals surface area contributed by atoms with E-state index in [1.807, 2.05) is 6.33 Å². The van der Waals surface area contributed by atoms with Gasteiger partial charge in [-0.1, -0.05) is 12.8 Å². The zero-order valence-corrected chi connectivity index (χ0v) is 22.3. The SMILES string of the molecule is Cl.Cl.NC1CCC(Nc2nc(NCCNC(=O)c3ccc(F)cc3)c3ncn(C4CCCC4)c3n2)CC1. The van der Waals surface area contributed by atoms with Crippen LogP contribution in [-0.4, -0.2) is 50.6 Å². The Balaban J connectivity index is 0.00000190. The summed E-state index contributed by atoms with van der Waals surface area (Å²) in [5.41, 5.74) is 8.06. The Hall–Kier alpha value is -2.69. The van der Waals surface area contributed by atoms with E-state index >= 15 is 0 Å². The summed E-state index contributed by atoms with van der Waals surface area (Å²) in [6.45, 7) is 0.849. The van der Waals surface area contributed by atoms with Crippen molar-refractivity contribution in [3.05, 3.63) is 42.0 Å². The second-order valence-corrected chi connectivity index (χ2v) is 9.60. The zero-order chi connectivity index (χ0) is 24.2. The maximum Gasteiger partial charge on any atom is 0.251 e. The summed E-state index contributed by atoms with van der Waals surface area (Å²) in [5.74, 6) is 0.630. The zero-order valence-electron chi connectivity index (χ0n) is 20.7. The van der Waals surface area contributed by atoms with Gasteiger partial charge in [-0.25, -0.2) is 9.37 Å². The van der Waals surface area contributed by atoms with Crippen LogP contribution in [0.5, 0.6) is 0 Å². The average Bonchev–Trinajstić information content (AvgIpc) is 3.53. The first-order valence-corrected chi connectivity index (χ1v) is 12.6. The van der Waals surface area contributed by atoms with E-state index in [4.69, 9.17) is 15.7 Å². The molecule has 0 aliphatic heterocycles. The minimum Gasteiger partial charge on any atom is -0.366 e. The summed E-state index contributed by atoms with van der Waals surface area (Å²) in [5, 5.41) is 9.70. The van der Waals surface area contributed by atoms with Gasteiger partial charge in [0.05, 0.1) is 6.33 Å². The number of nitrogens with two attached hydrogens (primary N) is 1. The predicted octanol–water partition coefficient (Wildman–Crippen LogP) is 4.45. The molecule has 1 aromatic carbocycles. The van der Waals surface area contributed by atoms with Crippen LogP contribution >= 0.6 is 24.8 Å². The van der Waals surface area contributed by atoms with E-state index in [0.29, 0.717) is 42.5 Å². The molecule has 2 heterocycles. The van der Waals surface area contributed by atoms with Crippen LogP contribution in [0.4, 0.5) is 16.2 Å². The van der Waals surface area contributed by atoms with Crippen LogP contribution < -0.4 is 21.7 Å². The van der Waals surface area contributed by atoms with Crippen LogP contribution in [0.1, 0.15) is 67.8 Å². The van der Waals surface area contributed by atoms with E-state index in [1.54, 1.807) is 0 Å². The molecule has 2 saturated carbocycles. The molecule has 2 aliphatic rings. The molecule has 0 unspecified atom stereocenters. The Kier molecular flexibility index (Phi) is 10.3. The Morgan fingerprint density at radius 3 is 2.41 bits per heavy atom. The number of aromatic nitrogens is 4. The van der Waals surface area contributed by atoms with Crippen molar-refractivity contribution in [2.45, 2.75) is 69.5 Å². The Morgan fingerprint density at radius 1 is 1.00 bits per heavy atom. The normalized spacial score (nSPS) is 19.6. The number of rotatable bonds is 8. The molecule has 2 aromatic heterocycles. The Bertz CT molecular complexity index is 1160. The van der Waals surface area contributed by atoms with Gasteiger partial charge in [-0.05, 0) is 62.8 Å². The second-order valence-electron chi connectivity index (χ2n) is 9.60. The molecule has 2 fully saturated rings. The number of halogens is 3. The molecule has 0 bridgehead atoms. The molecular weight excluding hydrogens is 518 g/mol. The maximum atomic E-state index is 13.1. The summed E-state index contributed by atoms with van der Waals surface area (Å²) < 4.78 is 15.3. The molecule has 37 heavy (non-hydrogen) atoms. The van der Waals surface area contributed by atoms with Crippen LogP contribution in [0.2, 0.25) is 0 Å². The summed E-state index contributed by atoms with van der Waals surface area (Å²) in [6.07, 6.45) is 10.6. The van der Waals surface area contributed by atoms with Gasteiger partial charge in [-0.2, -0.15) is 9.97 Å². The highest BCUT2D eigenvalue weighted by atomic mass is 35.5. The van der Waals surface area contributed by atoms with Gasteiger partial charge in [0, 0.05) is 36.8 Å².